The third-order valence-corrected chi connectivity index (χ3v) is 5.57. The van der Waals surface area contributed by atoms with E-state index in [1.165, 1.54) is 14.8 Å². The van der Waals surface area contributed by atoms with Gasteiger partial charge in [0, 0.05) is 20.5 Å². The van der Waals surface area contributed by atoms with Gasteiger partial charge in [-0.2, -0.15) is 0 Å². The maximum Gasteiger partial charge on any atom is 0.107 e. The van der Waals surface area contributed by atoms with Crippen molar-refractivity contribution in [2.45, 2.75) is 6.10 Å². The summed E-state index contributed by atoms with van der Waals surface area (Å²) >= 11 is 3.38. The summed E-state index contributed by atoms with van der Waals surface area (Å²) in [6.07, 6.45) is -0.562. The van der Waals surface area contributed by atoms with E-state index < -0.39 is 6.10 Å². The summed E-state index contributed by atoms with van der Waals surface area (Å²) in [4.78, 5) is 0. The van der Waals surface area contributed by atoms with Crippen LogP contribution in [-0.4, -0.2) is 5.11 Å². The second-order valence-corrected chi connectivity index (χ2v) is 6.60. The number of hydrogen-bond acceptors (Lipinski definition) is 3. The van der Waals surface area contributed by atoms with E-state index in [-0.39, 0.29) is 0 Å². The molecule has 20 heavy (non-hydrogen) atoms. The fourth-order valence-electron chi connectivity index (χ4n) is 2.61. The molecule has 0 fully saturated rings. The molecule has 4 rings (SSSR count). The number of thiophene rings is 2. The highest BCUT2D eigenvalue weighted by Crippen LogP contribution is 2.37. The van der Waals surface area contributed by atoms with Crippen molar-refractivity contribution in [1.82, 2.24) is 0 Å². The molecule has 0 aliphatic rings. The molecule has 0 bridgehead atoms. The molecular weight excluding hydrogens is 284 g/mol. The van der Waals surface area contributed by atoms with E-state index in [1.807, 2.05) is 24.3 Å². The van der Waals surface area contributed by atoms with E-state index >= 15 is 0 Å². The van der Waals surface area contributed by atoms with Gasteiger partial charge in [-0.3, -0.25) is 0 Å². The predicted molar refractivity (Wildman–Crippen MR) is 87.7 cm³/mol. The molecular formula is C17H12OS2. The third kappa shape index (κ3) is 1.79. The monoisotopic (exact) mass is 296 g/mol. The van der Waals surface area contributed by atoms with E-state index in [0.29, 0.717) is 0 Å². The zero-order valence-corrected chi connectivity index (χ0v) is 12.2. The SMILES string of the molecule is OC(c1csc2ccccc12)c1cccc2ccsc12. The molecule has 1 N–H and O–H groups in total. The van der Waals surface area contributed by atoms with E-state index in [4.69, 9.17) is 0 Å². The molecule has 0 saturated heterocycles. The Bertz CT molecular complexity index is 888. The Morgan fingerprint density at radius 1 is 0.850 bits per heavy atom. The van der Waals surface area contributed by atoms with Gasteiger partial charge in [-0.05, 0) is 33.7 Å². The number of rotatable bonds is 2. The smallest absolute Gasteiger partial charge is 0.107 e. The summed E-state index contributed by atoms with van der Waals surface area (Å²) in [5.41, 5.74) is 2.01. The molecule has 0 saturated carbocycles. The molecule has 0 amide bonds. The Kier molecular flexibility index (Phi) is 2.84. The van der Waals surface area contributed by atoms with Gasteiger partial charge in [0.2, 0.25) is 0 Å². The highest BCUT2D eigenvalue weighted by Gasteiger charge is 2.17. The average Bonchev–Trinajstić information content (AvgIpc) is 3.12. The standard InChI is InChI=1S/C17H12OS2/c18-16(13-6-3-4-11-8-9-19-17(11)13)14-10-20-15-7-2-1-5-12(14)15/h1-10,16,18H. The molecule has 4 aromatic rings. The number of fused-ring (bicyclic) bond motifs is 2. The first-order valence-corrected chi connectivity index (χ1v) is 8.21. The van der Waals surface area contributed by atoms with Crippen LogP contribution in [0.1, 0.15) is 17.2 Å². The fraction of sp³-hybridized carbons (Fsp3) is 0.0588. The second-order valence-electron chi connectivity index (χ2n) is 4.78. The van der Waals surface area contributed by atoms with Gasteiger partial charge in [-0.25, -0.2) is 0 Å². The Hall–Kier alpha value is -1.68. The molecule has 1 nitrogen and oxygen atoms in total. The van der Waals surface area contributed by atoms with E-state index in [9.17, 15) is 5.11 Å². The second kappa shape index (κ2) is 4.70. The number of benzene rings is 2. The highest BCUT2D eigenvalue weighted by molar-refractivity contribution is 7.17. The van der Waals surface area contributed by atoms with Gasteiger partial charge in [0.1, 0.15) is 6.10 Å². The summed E-state index contributed by atoms with van der Waals surface area (Å²) in [7, 11) is 0. The van der Waals surface area contributed by atoms with Crippen LogP contribution in [0, 0.1) is 0 Å². The minimum Gasteiger partial charge on any atom is -0.384 e. The Morgan fingerprint density at radius 2 is 1.75 bits per heavy atom. The lowest BCUT2D eigenvalue weighted by Gasteiger charge is -2.11. The Balaban J connectivity index is 1.92. The number of aliphatic hydroxyl groups excluding tert-OH is 1. The zero-order chi connectivity index (χ0) is 13.5. The summed E-state index contributed by atoms with van der Waals surface area (Å²) in [5.74, 6) is 0. The molecule has 3 heteroatoms. The van der Waals surface area contributed by atoms with Crippen LogP contribution in [0.4, 0.5) is 0 Å². The molecule has 1 atom stereocenters. The van der Waals surface area contributed by atoms with Crippen LogP contribution in [0.2, 0.25) is 0 Å². The van der Waals surface area contributed by atoms with Crippen molar-refractivity contribution in [3.8, 4) is 0 Å². The van der Waals surface area contributed by atoms with Crippen molar-refractivity contribution < 1.29 is 5.11 Å². The largest absolute Gasteiger partial charge is 0.384 e. The van der Waals surface area contributed by atoms with Gasteiger partial charge in [0.15, 0.2) is 0 Å². The average molecular weight is 296 g/mol. The number of hydrogen-bond donors (Lipinski definition) is 1. The lowest BCUT2D eigenvalue weighted by atomic mass is 10.00. The van der Waals surface area contributed by atoms with Gasteiger partial charge in [-0.1, -0.05) is 36.4 Å². The first-order valence-electron chi connectivity index (χ1n) is 6.45. The van der Waals surface area contributed by atoms with Gasteiger partial charge < -0.3 is 5.11 Å². The molecule has 0 radical (unpaired) electrons. The van der Waals surface area contributed by atoms with Crippen molar-refractivity contribution >= 4 is 42.8 Å². The van der Waals surface area contributed by atoms with Crippen molar-refractivity contribution in [3.05, 3.63) is 70.4 Å². The predicted octanol–water partition coefficient (Wildman–Crippen LogP) is 5.20. The normalized spacial score (nSPS) is 13.1. The van der Waals surface area contributed by atoms with E-state index in [2.05, 4.69) is 35.0 Å². The van der Waals surface area contributed by atoms with Gasteiger partial charge in [0.25, 0.3) is 0 Å². The van der Waals surface area contributed by atoms with Crippen molar-refractivity contribution in [2.24, 2.45) is 0 Å². The summed E-state index contributed by atoms with van der Waals surface area (Å²) < 4.78 is 2.40. The maximum absolute atomic E-state index is 10.8. The molecule has 0 aliphatic heterocycles. The van der Waals surface area contributed by atoms with Crippen LogP contribution in [0.15, 0.2) is 59.3 Å². The van der Waals surface area contributed by atoms with Crippen molar-refractivity contribution in [2.75, 3.05) is 0 Å². The molecule has 0 spiro atoms. The fourth-order valence-corrected chi connectivity index (χ4v) is 4.53. The summed E-state index contributed by atoms with van der Waals surface area (Å²) in [6.45, 7) is 0. The minimum atomic E-state index is -0.562. The molecule has 2 aromatic heterocycles. The maximum atomic E-state index is 10.8. The van der Waals surface area contributed by atoms with E-state index in [0.717, 1.165) is 16.5 Å². The molecule has 1 unspecified atom stereocenters. The molecule has 0 aliphatic carbocycles. The highest BCUT2D eigenvalue weighted by atomic mass is 32.1. The van der Waals surface area contributed by atoms with E-state index in [1.54, 1.807) is 22.7 Å². The van der Waals surface area contributed by atoms with Crippen LogP contribution < -0.4 is 0 Å². The van der Waals surface area contributed by atoms with Crippen molar-refractivity contribution in [1.29, 1.82) is 0 Å². The first kappa shape index (κ1) is 12.1. The Labute approximate surface area is 124 Å². The van der Waals surface area contributed by atoms with Gasteiger partial charge >= 0.3 is 0 Å². The van der Waals surface area contributed by atoms with Crippen LogP contribution in [0.5, 0.6) is 0 Å². The van der Waals surface area contributed by atoms with Crippen LogP contribution in [-0.2, 0) is 0 Å². The van der Waals surface area contributed by atoms with Crippen LogP contribution in [0.3, 0.4) is 0 Å². The summed E-state index contributed by atoms with van der Waals surface area (Å²) in [6, 6.07) is 16.5. The minimum absolute atomic E-state index is 0.562. The van der Waals surface area contributed by atoms with Crippen LogP contribution in [0.25, 0.3) is 20.2 Å². The Morgan fingerprint density at radius 3 is 2.70 bits per heavy atom. The number of aliphatic hydroxyl groups is 1. The van der Waals surface area contributed by atoms with Crippen LogP contribution >= 0.6 is 22.7 Å². The summed E-state index contributed by atoms with van der Waals surface area (Å²) in [5, 5.41) is 17.3. The molecule has 98 valence electrons. The molecule has 2 aromatic carbocycles. The van der Waals surface area contributed by atoms with Gasteiger partial charge in [0.05, 0.1) is 0 Å². The lowest BCUT2D eigenvalue weighted by molar-refractivity contribution is 0.224. The third-order valence-electron chi connectivity index (χ3n) is 3.61. The van der Waals surface area contributed by atoms with Gasteiger partial charge in [-0.15, -0.1) is 22.7 Å². The lowest BCUT2D eigenvalue weighted by Crippen LogP contribution is -1.98. The zero-order valence-electron chi connectivity index (χ0n) is 10.6. The van der Waals surface area contributed by atoms with Crippen molar-refractivity contribution in [3.63, 3.8) is 0 Å². The topological polar surface area (TPSA) is 20.2 Å². The first-order chi connectivity index (χ1) is 9.84. The molecule has 2 heterocycles. The quantitative estimate of drug-likeness (QED) is 0.539.